The highest BCUT2D eigenvalue weighted by Gasteiger charge is 2.35. The van der Waals surface area contributed by atoms with Gasteiger partial charge in [-0.05, 0) is 44.7 Å². The summed E-state index contributed by atoms with van der Waals surface area (Å²) in [6.45, 7) is 5.23. The average molecular weight is 343 g/mol. The molecule has 1 heterocycles. The second-order valence-corrected chi connectivity index (χ2v) is 6.84. The molecular weight excluding hydrogens is 323 g/mol. The van der Waals surface area contributed by atoms with Gasteiger partial charge in [0.15, 0.2) is 0 Å². The van der Waals surface area contributed by atoms with Crippen molar-refractivity contribution in [3.63, 3.8) is 0 Å². The van der Waals surface area contributed by atoms with E-state index in [1.165, 1.54) is 6.07 Å². The van der Waals surface area contributed by atoms with E-state index in [1.54, 1.807) is 26.8 Å². The first-order valence-electron chi connectivity index (χ1n) is 7.68. The van der Waals surface area contributed by atoms with E-state index >= 15 is 0 Å². The zero-order valence-corrected chi connectivity index (χ0v) is 13.8. The van der Waals surface area contributed by atoms with E-state index in [0.29, 0.717) is 12.0 Å². The van der Waals surface area contributed by atoms with Crippen LogP contribution >= 0.6 is 0 Å². The summed E-state index contributed by atoms with van der Waals surface area (Å²) in [6.07, 6.45) is -4.74. The fourth-order valence-electron chi connectivity index (χ4n) is 2.60. The Balaban J connectivity index is 2.08. The highest BCUT2D eigenvalue weighted by molar-refractivity contribution is 5.93. The third-order valence-corrected chi connectivity index (χ3v) is 3.72. The van der Waals surface area contributed by atoms with Gasteiger partial charge >= 0.3 is 12.3 Å². The quantitative estimate of drug-likeness (QED) is 0.762. The molecule has 0 saturated carbocycles. The van der Waals surface area contributed by atoms with Crippen molar-refractivity contribution >= 4 is 12.0 Å². The van der Waals surface area contributed by atoms with Gasteiger partial charge < -0.3 is 4.74 Å². The Labute approximate surface area is 138 Å². The number of rotatable bonds is 1. The zero-order valence-electron chi connectivity index (χ0n) is 13.8. The largest absolute Gasteiger partial charge is 0.443 e. The molecule has 0 aromatic heterocycles. The number of imide groups is 1. The fourth-order valence-corrected chi connectivity index (χ4v) is 2.60. The van der Waals surface area contributed by atoms with Crippen molar-refractivity contribution in [3.05, 3.63) is 35.4 Å². The molecule has 2 amide bonds. The maximum absolute atomic E-state index is 12.8. The van der Waals surface area contributed by atoms with Crippen LogP contribution in [-0.4, -0.2) is 29.0 Å². The Bertz CT molecular complexity index is 635. The predicted molar refractivity (Wildman–Crippen MR) is 81.4 cm³/mol. The average Bonchev–Trinajstić information content (AvgIpc) is 2.44. The number of benzene rings is 1. The molecule has 0 spiro atoms. The normalized spacial score (nSPS) is 19.3. The number of halogens is 3. The third kappa shape index (κ3) is 4.49. The third-order valence-electron chi connectivity index (χ3n) is 3.72. The second-order valence-electron chi connectivity index (χ2n) is 6.84. The maximum atomic E-state index is 12.8. The minimum Gasteiger partial charge on any atom is -0.443 e. The van der Waals surface area contributed by atoms with Crippen LogP contribution in [-0.2, 0) is 15.7 Å². The van der Waals surface area contributed by atoms with Gasteiger partial charge in [-0.3, -0.25) is 4.79 Å². The van der Waals surface area contributed by atoms with Crippen molar-refractivity contribution in [2.24, 2.45) is 0 Å². The predicted octanol–water partition coefficient (Wildman–Crippen LogP) is 4.35. The smallest absolute Gasteiger partial charge is 0.417 e. The molecule has 1 saturated heterocycles. The Hall–Kier alpha value is -2.05. The van der Waals surface area contributed by atoms with Gasteiger partial charge in [-0.15, -0.1) is 0 Å². The number of carbonyl (C=O) groups is 2. The number of piperidine rings is 1. The van der Waals surface area contributed by atoms with Crippen LogP contribution in [0.1, 0.15) is 50.7 Å². The zero-order chi connectivity index (χ0) is 18.1. The first-order valence-corrected chi connectivity index (χ1v) is 7.68. The molecule has 1 aromatic rings. The Morgan fingerprint density at radius 1 is 1.25 bits per heavy atom. The summed E-state index contributed by atoms with van der Waals surface area (Å²) in [5, 5.41) is 0. The molecule has 1 fully saturated rings. The van der Waals surface area contributed by atoms with Gasteiger partial charge in [0.05, 0.1) is 5.56 Å². The Morgan fingerprint density at radius 2 is 1.92 bits per heavy atom. The molecule has 0 radical (unpaired) electrons. The minimum absolute atomic E-state index is 0.0133. The number of nitrogens with zero attached hydrogens (tertiary/aromatic N) is 1. The summed E-state index contributed by atoms with van der Waals surface area (Å²) in [6, 6.07) is 4.99. The summed E-state index contributed by atoms with van der Waals surface area (Å²) >= 11 is 0. The fraction of sp³-hybridized carbons (Fsp3) is 0.529. The molecule has 2 rings (SSSR count). The molecule has 1 unspecified atom stereocenters. The highest BCUT2D eigenvalue weighted by Crippen LogP contribution is 2.34. The lowest BCUT2D eigenvalue weighted by molar-refractivity contribution is -0.137. The number of hydrogen-bond donors (Lipinski definition) is 0. The van der Waals surface area contributed by atoms with Gasteiger partial charge in [0.1, 0.15) is 5.60 Å². The van der Waals surface area contributed by atoms with Crippen molar-refractivity contribution in [2.75, 3.05) is 6.54 Å². The molecule has 1 aliphatic heterocycles. The highest BCUT2D eigenvalue weighted by atomic mass is 19.4. The Morgan fingerprint density at radius 3 is 2.46 bits per heavy atom. The molecule has 1 aliphatic rings. The lowest BCUT2D eigenvalue weighted by Crippen LogP contribution is -2.44. The monoisotopic (exact) mass is 343 g/mol. The van der Waals surface area contributed by atoms with Crippen LogP contribution in [0.5, 0.6) is 0 Å². The lowest BCUT2D eigenvalue weighted by Gasteiger charge is -2.32. The first-order chi connectivity index (χ1) is 11.0. The maximum Gasteiger partial charge on any atom is 0.417 e. The van der Waals surface area contributed by atoms with Crippen LogP contribution in [0.25, 0.3) is 0 Å². The molecule has 1 aromatic carbocycles. The second kappa shape index (κ2) is 6.45. The summed E-state index contributed by atoms with van der Waals surface area (Å²) in [5.74, 6) is -0.767. The molecule has 0 aliphatic carbocycles. The molecule has 7 heteroatoms. The van der Waals surface area contributed by atoms with Gasteiger partial charge in [-0.2, -0.15) is 13.2 Å². The van der Waals surface area contributed by atoms with Gasteiger partial charge in [0.2, 0.25) is 5.91 Å². The number of alkyl halides is 3. The SMILES string of the molecule is CC(C)(C)OC(=O)N1CCC(c2cccc(C(F)(F)F)c2)CC1=O. The minimum atomic E-state index is -4.42. The molecular formula is C17H20F3NO3. The molecule has 24 heavy (non-hydrogen) atoms. The van der Waals surface area contributed by atoms with Crippen LogP contribution in [0.15, 0.2) is 24.3 Å². The van der Waals surface area contributed by atoms with Gasteiger partial charge in [-0.25, -0.2) is 9.69 Å². The van der Waals surface area contributed by atoms with E-state index in [0.717, 1.165) is 17.0 Å². The number of likely N-dealkylation sites (tertiary alicyclic amines) is 1. The van der Waals surface area contributed by atoms with E-state index in [1.807, 2.05) is 0 Å². The van der Waals surface area contributed by atoms with E-state index in [4.69, 9.17) is 4.74 Å². The number of amides is 2. The van der Waals surface area contributed by atoms with Crippen LogP contribution in [0.3, 0.4) is 0 Å². The van der Waals surface area contributed by atoms with Crippen molar-refractivity contribution in [3.8, 4) is 0 Å². The molecule has 4 nitrogen and oxygen atoms in total. The molecule has 0 N–H and O–H groups in total. The first kappa shape index (κ1) is 18.3. The molecule has 0 bridgehead atoms. The topological polar surface area (TPSA) is 46.6 Å². The van der Waals surface area contributed by atoms with Gasteiger partial charge in [0, 0.05) is 13.0 Å². The number of hydrogen-bond acceptors (Lipinski definition) is 3. The number of ether oxygens (including phenoxy) is 1. The standard InChI is InChI=1S/C17H20F3NO3/c1-16(2,3)24-15(23)21-8-7-12(10-14(21)22)11-5-4-6-13(9-11)17(18,19)20/h4-6,9,12H,7-8,10H2,1-3H3. The lowest BCUT2D eigenvalue weighted by atomic mass is 9.88. The molecule has 132 valence electrons. The van der Waals surface area contributed by atoms with Crippen molar-refractivity contribution in [1.29, 1.82) is 0 Å². The van der Waals surface area contributed by atoms with Crippen LogP contribution in [0.2, 0.25) is 0 Å². The van der Waals surface area contributed by atoms with E-state index in [9.17, 15) is 22.8 Å². The van der Waals surface area contributed by atoms with E-state index in [-0.39, 0.29) is 18.9 Å². The summed E-state index contributed by atoms with van der Waals surface area (Å²) < 4.78 is 43.6. The molecule has 1 atom stereocenters. The van der Waals surface area contributed by atoms with Crippen LogP contribution in [0.4, 0.5) is 18.0 Å². The van der Waals surface area contributed by atoms with Crippen LogP contribution in [0, 0.1) is 0 Å². The summed E-state index contributed by atoms with van der Waals surface area (Å²) in [5.41, 5.74) is -0.987. The van der Waals surface area contributed by atoms with Crippen LogP contribution < -0.4 is 0 Å². The van der Waals surface area contributed by atoms with E-state index in [2.05, 4.69) is 0 Å². The van der Waals surface area contributed by atoms with Gasteiger partial charge in [-0.1, -0.05) is 18.2 Å². The Kier molecular flexibility index (Phi) is 4.92. The summed E-state index contributed by atoms with van der Waals surface area (Å²) in [4.78, 5) is 25.2. The van der Waals surface area contributed by atoms with Gasteiger partial charge in [0.25, 0.3) is 0 Å². The summed E-state index contributed by atoms with van der Waals surface area (Å²) in [7, 11) is 0. The van der Waals surface area contributed by atoms with Crippen molar-refractivity contribution < 1.29 is 27.5 Å². The van der Waals surface area contributed by atoms with Crippen molar-refractivity contribution in [1.82, 2.24) is 4.90 Å². The van der Waals surface area contributed by atoms with E-state index < -0.39 is 29.3 Å². The van der Waals surface area contributed by atoms with Crippen molar-refractivity contribution in [2.45, 2.75) is 51.3 Å². The number of carbonyl (C=O) groups excluding carboxylic acids is 2.